The number of anilines is 1. The molecule has 1 saturated heterocycles. The molecule has 0 bridgehead atoms. The molecule has 0 aromatic heterocycles. The second-order valence-corrected chi connectivity index (χ2v) is 11.2. The number of hydrogen-bond acceptors (Lipinski definition) is 5. The van der Waals surface area contributed by atoms with Gasteiger partial charge in [0.15, 0.2) is 0 Å². The van der Waals surface area contributed by atoms with Crippen molar-refractivity contribution < 1.29 is 9.53 Å². The van der Waals surface area contributed by atoms with Crippen LogP contribution in [0, 0.1) is 0 Å². The molecule has 6 heteroatoms. The Morgan fingerprint density at radius 3 is 2.22 bits per heavy atom. The predicted octanol–water partition coefficient (Wildman–Crippen LogP) is 6.23. The predicted molar refractivity (Wildman–Crippen MR) is 170 cm³/mol. The Morgan fingerprint density at radius 2 is 1.59 bits per heavy atom. The van der Waals surface area contributed by atoms with E-state index in [0.29, 0.717) is 29.5 Å². The van der Waals surface area contributed by atoms with Crippen LogP contribution in [0.1, 0.15) is 79.3 Å². The zero-order chi connectivity index (χ0) is 28.7. The Kier molecular flexibility index (Phi) is 12.5. The molecular formula is C35H48N4O2. The molecule has 1 heterocycles. The maximum atomic E-state index is 12.7. The fraction of sp³-hybridized carbons (Fsp3) is 0.457. The van der Waals surface area contributed by atoms with E-state index >= 15 is 0 Å². The van der Waals surface area contributed by atoms with E-state index in [1.807, 2.05) is 12.1 Å². The van der Waals surface area contributed by atoms with Gasteiger partial charge < -0.3 is 26.0 Å². The van der Waals surface area contributed by atoms with Gasteiger partial charge in [0, 0.05) is 24.6 Å². The summed E-state index contributed by atoms with van der Waals surface area (Å²) in [6, 6.07) is 26.7. The lowest BCUT2D eigenvalue weighted by Crippen LogP contribution is -2.28. The van der Waals surface area contributed by atoms with E-state index < -0.39 is 0 Å². The van der Waals surface area contributed by atoms with Gasteiger partial charge in [-0.05, 0) is 94.0 Å². The van der Waals surface area contributed by atoms with Crippen molar-refractivity contribution >= 4 is 11.6 Å². The number of unbranched alkanes of at least 4 members (excludes halogenated alkanes) is 1. The van der Waals surface area contributed by atoms with E-state index in [0.717, 1.165) is 51.7 Å². The average Bonchev–Trinajstić information content (AvgIpc) is 3.52. The summed E-state index contributed by atoms with van der Waals surface area (Å²) >= 11 is 0. The Labute approximate surface area is 246 Å². The zero-order valence-corrected chi connectivity index (χ0v) is 24.7. The van der Waals surface area contributed by atoms with Gasteiger partial charge in [-0.15, -0.1) is 0 Å². The number of nitrogens with zero attached hydrogens (tertiary/aromatic N) is 1. The number of carbonyl (C=O) groups is 1. The van der Waals surface area contributed by atoms with E-state index in [-0.39, 0.29) is 12.0 Å². The SMILES string of the molecule is CCCC(CCNCC(c1ccccc1)c1ccccc1)Oc1ccc(C(=O)NCCCCN2CCCC2)cc1N. The minimum Gasteiger partial charge on any atom is -0.488 e. The van der Waals surface area contributed by atoms with Crippen LogP contribution in [0.15, 0.2) is 78.9 Å². The highest BCUT2D eigenvalue weighted by atomic mass is 16.5. The lowest BCUT2D eigenvalue weighted by molar-refractivity contribution is 0.0952. The van der Waals surface area contributed by atoms with E-state index in [1.165, 1.54) is 37.1 Å². The molecule has 4 rings (SSSR count). The van der Waals surface area contributed by atoms with Crippen molar-refractivity contribution in [3.63, 3.8) is 0 Å². The number of benzene rings is 3. The van der Waals surface area contributed by atoms with Crippen LogP contribution in [0.4, 0.5) is 5.69 Å². The van der Waals surface area contributed by atoms with Gasteiger partial charge in [-0.1, -0.05) is 74.0 Å². The largest absolute Gasteiger partial charge is 0.488 e. The van der Waals surface area contributed by atoms with Gasteiger partial charge in [0.2, 0.25) is 0 Å². The van der Waals surface area contributed by atoms with Gasteiger partial charge in [-0.25, -0.2) is 0 Å². The Morgan fingerprint density at radius 1 is 0.902 bits per heavy atom. The molecule has 1 fully saturated rings. The molecule has 220 valence electrons. The quantitative estimate of drug-likeness (QED) is 0.136. The number of nitrogens with one attached hydrogen (secondary N) is 2. The lowest BCUT2D eigenvalue weighted by atomic mass is 9.91. The van der Waals surface area contributed by atoms with E-state index in [2.05, 4.69) is 83.1 Å². The Balaban J connectivity index is 1.23. The van der Waals surface area contributed by atoms with Crippen molar-refractivity contribution in [1.82, 2.24) is 15.5 Å². The van der Waals surface area contributed by atoms with Gasteiger partial charge in [-0.2, -0.15) is 0 Å². The summed E-state index contributed by atoms with van der Waals surface area (Å²) in [6.07, 6.45) is 7.64. The third-order valence-corrected chi connectivity index (χ3v) is 7.96. The van der Waals surface area contributed by atoms with Gasteiger partial charge in [0.1, 0.15) is 11.9 Å². The fourth-order valence-electron chi connectivity index (χ4n) is 5.64. The second-order valence-electron chi connectivity index (χ2n) is 11.2. The maximum absolute atomic E-state index is 12.7. The third kappa shape index (κ3) is 9.91. The smallest absolute Gasteiger partial charge is 0.251 e. The number of nitrogen functional groups attached to an aromatic ring is 1. The van der Waals surface area contributed by atoms with E-state index in [1.54, 1.807) is 6.07 Å². The van der Waals surface area contributed by atoms with Gasteiger partial charge in [0.25, 0.3) is 5.91 Å². The van der Waals surface area contributed by atoms with Crippen molar-refractivity contribution in [3.05, 3.63) is 95.6 Å². The first-order valence-corrected chi connectivity index (χ1v) is 15.5. The first-order chi connectivity index (χ1) is 20.1. The number of likely N-dealkylation sites (tertiary alicyclic amines) is 1. The van der Waals surface area contributed by atoms with Crippen molar-refractivity contribution in [2.45, 2.75) is 63.9 Å². The van der Waals surface area contributed by atoms with Crippen LogP contribution in [0.3, 0.4) is 0 Å². The van der Waals surface area contributed by atoms with Crippen LogP contribution in [-0.4, -0.2) is 56.2 Å². The molecule has 1 aliphatic rings. The molecule has 1 amide bonds. The second kappa shape index (κ2) is 16.8. The molecule has 0 aliphatic carbocycles. The first kappa shape index (κ1) is 30.6. The summed E-state index contributed by atoms with van der Waals surface area (Å²) < 4.78 is 6.36. The number of ether oxygens (including phenoxy) is 1. The average molecular weight is 557 g/mol. The molecule has 1 aliphatic heterocycles. The standard InChI is InChI=1S/C35H48N4O2/c1-2-13-31(20-22-37-27-32(28-14-5-3-6-15-28)29-16-7-4-8-17-29)41-34-19-18-30(26-33(34)36)35(40)38-21-9-10-23-39-24-11-12-25-39/h3-8,14-19,26,31-32,37H,2,9-13,20-25,27,36H2,1H3,(H,38,40). The van der Waals surface area contributed by atoms with Gasteiger partial charge in [-0.3, -0.25) is 4.79 Å². The monoisotopic (exact) mass is 556 g/mol. The summed E-state index contributed by atoms with van der Waals surface area (Å²) in [5.74, 6) is 0.865. The normalized spacial score (nSPS) is 14.3. The van der Waals surface area contributed by atoms with Crippen LogP contribution in [0.2, 0.25) is 0 Å². The summed E-state index contributed by atoms with van der Waals surface area (Å²) in [6.45, 7) is 8.13. The molecule has 41 heavy (non-hydrogen) atoms. The molecule has 0 spiro atoms. The van der Waals surface area contributed by atoms with Crippen molar-refractivity contribution in [2.75, 3.05) is 45.0 Å². The summed E-state index contributed by atoms with van der Waals surface area (Å²) in [4.78, 5) is 15.2. The topological polar surface area (TPSA) is 79.6 Å². The highest BCUT2D eigenvalue weighted by molar-refractivity contribution is 5.95. The number of rotatable bonds is 17. The first-order valence-electron chi connectivity index (χ1n) is 15.5. The Bertz CT molecular complexity index is 1130. The van der Waals surface area contributed by atoms with Gasteiger partial charge in [0.05, 0.1) is 5.69 Å². The molecule has 0 radical (unpaired) electrons. The minimum atomic E-state index is -0.0786. The van der Waals surface area contributed by atoms with Crippen molar-refractivity contribution in [3.8, 4) is 5.75 Å². The van der Waals surface area contributed by atoms with Gasteiger partial charge >= 0.3 is 0 Å². The van der Waals surface area contributed by atoms with Crippen LogP contribution in [-0.2, 0) is 0 Å². The van der Waals surface area contributed by atoms with Crippen LogP contribution < -0.4 is 21.1 Å². The maximum Gasteiger partial charge on any atom is 0.251 e. The van der Waals surface area contributed by atoms with Crippen LogP contribution in [0.25, 0.3) is 0 Å². The number of nitrogens with two attached hydrogens (primary N) is 1. The van der Waals surface area contributed by atoms with Crippen LogP contribution in [0.5, 0.6) is 5.75 Å². The molecule has 4 N–H and O–H groups in total. The molecule has 3 aromatic carbocycles. The Hall–Kier alpha value is -3.35. The molecular weight excluding hydrogens is 508 g/mol. The lowest BCUT2D eigenvalue weighted by Gasteiger charge is -2.22. The highest BCUT2D eigenvalue weighted by Gasteiger charge is 2.16. The molecule has 3 aromatic rings. The molecule has 1 unspecified atom stereocenters. The van der Waals surface area contributed by atoms with Crippen molar-refractivity contribution in [1.29, 1.82) is 0 Å². The summed E-state index contributed by atoms with van der Waals surface area (Å²) in [5, 5.41) is 6.71. The number of carbonyl (C=O) groups excluding carboxylic acids is 1. The number of hydrogen-bond donors (Lipinski definition) is 3. The van der Waals surface area contributed by atoms with Crippen molar-refractivity contribution in [2.24, 2.45) is 0 Å². The summed E-state index contributed by atoms with van der Waals surface area (Å²) in [5.41, 5.74) is 10.1. The van der Waals surface area contributed by atoms with E-state index in [9.17, 15) is 4.79 Å². The fourth-order valence-corrected chi connectivity index (χ4v) is 5.64. The molecule has 1 atom stereocenters. The van der Waals surface area contributed by atoms with Crippen LogP contribution >= 0.6 is 0 Å². The van der Waals surface area contributed by atoms with E-state index in [4.69, 9.17) is 10.5 Å². The zero-order valence-electron chi connectivity index (χ0n) is 24.7. The minimum absolute atomic E-state index is 0.0528. The molecule has 0 saturated carbocycles. The third-order valence-electron chi connectivity index (χ3n) is 7.96. The number of amides is 1. The summed E-state index contributed by atoms with van der Waals surface area (Å²) in [7, 11) is 0. The molecule has 6 nitrogen and oxygen atoms in total. The highest BCUT2D eigenvalue weighted by Crippen LogP contribution is 2.26.